The van der Waals surface area contributed by atoms with Crippen molar-refractivity contribution in [2.45, 2.75) is 25.3 Å². The van der Waals surface area contributed by atoms with Crippen molar-refractivity contribution in [3.8, 4) is 0 Å². The van der Waals surface area contributed by atoms with Gasteiger partial charge in [0.15, 0.2) is 5.11 Å². The number of nitrogens with zero attached hydrogens (tertiary/aromatic N) is 2. The topological polar surface area (TPSA) is 27.7 Å². The van der Waals surface area contributed by atoms with Gasteiger partial charge in [0.2, 0.25) is 0 Å². The highest BCUT2D eigenvalue weighted by molar-refractivity contribution is 7.80. The van der Waals surface area contributed by atoms with E-state index in [9.17, 15) is 0 Å². The largest absolute Gasteiger partial charge is 0.385 e. The molecule has 0 aliphatic carbocycles. The van der Waals surface area contributed by atoms with Crippen molar-refractivity contribution >= 4 is 17.3 Å². The van der Waals surface area contributed by atoms with Gasteiger partial charge in [-0.3, -0.25) is 0 Å². The van der Waals surface area contributed by atoms with Gasteiger partial charge in [0.05, 0.1) is 0 Å². The van der Waals surface area contributed by atoms with E-state index < -0.39 is 0 Å². The summed E-state index contributed by atoms with van der Waals surface area (Å²) in [6.45, 7) is 3.90. The first-order valence-electron chi connectivity index (χ1n) is 6.33. The van der Waals surface area contributed by atoms with Gasteiger partial charge in [-0.25, -0.2) is 0 Å². The third-order valence-corrected chi connectivity index (χ3v) is 3.76. The standard InChI is InChI=1S/C12H25N3OS/c1-14-8-4-6-11(14)10-15(2)12(17)13-7-5-9-16-3/h11H,4-10H2,1-3H3,(H,13,17). The summed E-state index contributed by atoms with van der Waals surface area (Å²) in [4.78, 5) is 4.57. The van der Waals surface area contributed by atoms with Crippen molar-refractivity contribution in [2.75, 3.05) is 47.4 Å². The van der Waals surface area contributed by atoms with Crippen LogP contribution in [0.4, 0.5) is 0 Å². The van der Waals surface area contributed by atoms with E-state index in [1.165, 1.54) is 19.4 Å². The highest BCUT2D eigenvalue weighted by Crippen LogP contribution is 2.15. The lowest BCUT2D eigenvalue weighted by molar-refractivity contribution is 0.195. The summed E-state index contributed by atoms with van der Waals surface area (Å²) >= 11 is 5.36. The number of hydrogen-bond acceptors (Lipinski definition) is 3. The summed E-state index contributed by atoms with van der Waals surface area (Å²) in [6.07, 6.45) is 3.59. The molecule has 0 aromatic rings. The van der Waals surface area contributed by atoms with Crippen LogP contribution in [-0.2, 0) is 4.74 Å². The van der Waals surface area contributed by atoms with Crippen LogP contribution in [0.5, 0.6) is 0 Å². The second kappa shape index (κ2) is 7.84. The number of likely N-dealkylation sites (tertiary alicyclic amines) is 1. The van der Waals surface area contributed by atoms with Gasteiger partial charge in [0, 0.05) is 39.9 Å². The molecule has 1 aliphatic heterocycles. The maximum atomic E-state index is 5.36. The molecule has 1 rings (SSSR count). The van der Waals surface area contributed by atoms with Crippen molar-refractivity contribution < 1.29 is 4.74 Å². The number of methoxy groups -OCH3 is 1. The van der Waals surface area contributed by atoms with Crippen LogP contribution in [0, 0.1) is 0 Å². The Balaban J connectivity index is 2.17. The number of nitrogens with one attached hydrogen (secondary N) is 1. The van der Waals surface area contributed by atoms with Crippen LogP contribution in [0.3, 0.4) is 0 Å². The van der Waals surface area contributed by atoms with Crippen LogP contribution in [0.15, 0.2) is 0 Å². The van der Waals surface area contributed by atoms with Crippen LogP contribution in [0.1, 0.15) is 19.3 Å². The van der Waals surface area contributed by atoms with E-state index >= 15 is 0 Å². The van der Waals surface area contributed by atoms with E-state index in [-0.39, 0.29) is 0 Å². The number of likely N-dealkylation sites (N-methyl/N-ethyl adjacent to an activating group) is 2. The molecule has 0 saturated carbocycles. The Kier molecular flexibility index (Phi) is 6.77. The number of thiocarbonyl (C=S) groups is 1. The second-order valence-electron chi connectivity index (χ2n) is 4.74. The normalized spacial score (nSPS) is 20.5. The molecular weight excluding hydrogens is 234 g/mol. The first-order valence-corrected chi connectivity index (χ1v) is 6.74. The summed E-state index contributed by atoms with van der Waals surface area (Å²) in [5.41, 5.74) is 0. The van der Waals surface area contributed by atoms with Crippen molar-refractivity contribution in [2.24, 2.45) is 0 Å². The molecule has 1 N–H and O–H groups in total. The highest BCUT2D eigenvalue weighted by atomic mass is 32.1. The van der Waals surface area contributed by atoms with E-state index in [0.29, 0.717) is 6.04 Å². The van der Waals surface area contributed by atoms with E-state index in [2.05, 4.69) is 29.2 Å². The lowest BCUT2D eigenvalue weighted by Crippen LogP contribution is -2.44. The zero-order chi connectivity index (χ0) is 12.7. The molecule has 0 aromatic carbocycles. The molecule has 1 atom stereocenters. The molecular formula is C12H25N3OS. The molecule has 1 heterocycles. The minimum absolute atomic E-state index is 0.652. The molecule has 0 aromatic heterocycles. The predicted octanol–water partition coefficient (Wildman–Crippen LogP) is 0.923. The first kappa shape index (κ1) is 14.7. The molecule has 1 fully saturated rings. The molecule has 5 heteroatoms. The molecule has 4 nitrogen and oxygen atoms in total. The number of rotatable bonds is 6. The molecule has 0 amide bonds. The average molecular weight is 259 g/mol. The summed E-state index contributed by atoms with van der Waals surface area (Å²) < 4.78 is 5.00. The van der Waals surface area contributed by atoms with Crippen LogP contribution in [0.25, 0.3) is 0 Å². The Hall–Kier alpha value is -0.390. The number of hydrogen-bond donors (Lipinski definition) is 1. The Labute approximate surface area is 110 Å². The lowest BCUT2D eigenvalue weighted by Gasteiger charge is -2.27. The summed E-state index contributed by atoms with van der Waals surface area (Å²) in [5, 5.41) is 4.11. The smallest absolute Gasteiger partial charge is 0.168 e. The predicted molar refractivity (Wildman–Crippen MR) is 75.4 cm³/mol. The Morgan fingerprint density at radius 2 is 2.35 bits per heavy atom. The Morgan fingerprint density at radius 1 is 1.59 bits per heavy atom. The van der Waals surface area contributed by atoms with Gasteiger partial charge in [-0.2, -0.15) is 0 Å². The third-order valence-electron chi connectivity index (χ3n) is 3.30. The minimum atomic E-state index is 0.652. The monoisotopic (exact) mass is 259 g/mol. The van der Waals surface area contributed by atoms with Crippen LogP contribution in [0.2, 0.25) is 0 Å². The van der Waals surface area contributed by atoms with Crippen LogP contribution in [-0.4, -0.2) is 68.4 Å². The fourth-order valence-corrected chi connectivity index (χ4v) is 2.33. The zero-order valence-electron chi connectivity index (χ0n) is 11.2. The fraction of sp³-hybridized carbons (Fsp3) is 0.917. The van der Waals surface area contributed by atoms with Gasteiger partial charge in [-0.1, -0.05) is 0 Å². The van der Waals surface area contributed by atoms with Gasteiger partial charge in [0.25, 0.3) is 0 Å². The Morgan fingerprint density at radius 3 is 2.94 bits per heavy atom. The molecule has 0 radical (unpaired) electrons. The minimum Gasteiger partial charge on any atom is -0.385 e. The summed E-state index contributed by atoms with van der Waals surface area (Å²) in [7, 11) is 5.98. The average Bonchev–Trinajstić information content (AvgIpc) is 2.70. The zero-order valence-corrected chi connectivity index (χ0v) is 12.1. The fourth-order valence-electron chi connectivity index (χ4n) is 2.16. The van der Waals surface area contributed by atoms with Crippen LogP contribution < -0.4 is 5.32 Å². The van der Waals surface area contributed by atoms with E-state index in [1.807, 2.05) is 0 Å². The SMILES string of the molecule is COCCCNC(=S)N(C)CC1CCCN1C. The van der Waals surface area contributed by atoms with E-state index in [4.69, 9.17) is 17.0 Å². The summed E-state index contributed by atoms with van der Waals surface area (Å²) in [5.74, 6) is 0. The quantitative estimate of drug-likeness (QED) is 0.566. The molecule has 1 aliphatic rings. The molecule has 1 unspecified atom stereocenters. The molecule has 100 valence electrons. The van der Waals surface area contributed by atoms with Gasteiger partial charge < -0.3 is 19.9 Å². The second-order valence-corrected chi connectivity index (χ2v) is 5.12. The van der Waals surface area contributed by atoms with Crippen molar-refractivity contribution in [1.82, 2.24) is 15.1 Å². The first-order chi connectivity index (χ1) is 8.15. The highest BCUT2D eigenvalue weighted by Gasteiger charge is 2.22. The van der Waals surface area contributed by atoms with Crippen molar-refractivity contribution in [3.63, 3.8) is 0 Å². The van der Waals surface area contributed by atoms with Crippen molar-refractivity contribution in [3.05, 3.63) is 0 Å². The van der Waals surface area contributed by atoms with E-state index in [0.717, 1.165) is 31.2 Å². The van der Waals surface area contributed by atoms with E-state index in [1.54, 1.807) is 7.11 Å². The lowest BCUT2D eigenvalue weighted by atomic mass is 10.2. The van der Waals surface area contributed by atoms with Gasteiger partial charge in [0.1, 0.15) is 0 Å². The van der Waals surface area contributed by atoms with Gasteiger partial charge in [-0.05, 0) is 45.1 Å². The van der Waals surface area contributed by atoms with Gasteiger partial charge >= 0.3 is 0 Å². The molecule has 1 saturated heterocycles. The molecule has 17 heavy (non-hydrogen) atoms. The Bertz CT molecular complexity index is 238. The third kappa shape index (κ3) is 5.19. The van der Waals surface area contributed by atoms with Crippen LogP contribution >= 0.6 is 12.2 Å². The van der Waals surface area contributed by atoms with Gasteiger partial charge in [-0.15, -0.1) is 0 Å². The van der Waals surface area contributed by atoms with Crippen molar-refractivity contribution in [1.29, 1.82) is 0 Å². The number of ether oxygens (including phenoxy) is 1. The molecule has 0 bridgehead atoms. The molecule has 0 spiro atoms. The maximum Gasteiger partial charge on any atom is 0.168 e. The summed E-state index contributed by atoms with van der Waals surface area (Å²) in [6, 6.07) is 0.652. The maximum absolute atomic E-state index is 5.36.